The highest BCUT2D eigenvalue weighted by Crippen LogP contribution is 2.27. The minimum atomic E-state index is -1.15. The molecule has 0 aliphatic carbocycles. The van der Waals surface area contributed by atoms with Crippen LogP contribution in [0.4, 0.5) is 0 Å². The van der Waals surface area contributed by atoms with Gasteiger partial charge in [-0.3, -0.25) is 4.79 Å². The van der Waals surface area contributed by atoms with Crippen LogP contribution in [-0.4, -0.2) is 45.2 Å². The van der Waals surface area contributed by atoms with E-state index in [1.54, 1.807) is 38.1 Å². The van der Waals surface area contributed by atoms with Gasteiger partial charge in [-0.15, -0.1) is 11.8 Å². The summed E-state index contributed by atoms with van der Waals surface area (Å²) in [6.07, 6.45) is 0. The number of carbonyl (C=O) groups is 2. The largest absolute Gasteiger partial charge is 0.480 e. The maximum absolute atomic E-state index is 12.6. The Hall–Kier alpha value is -1.40. The number of amides is 1. The molecule has 1 saturated heterocycles. The van der Waals surface area contributed by atoms with Crippen LogP contribution < -0.4 is 4.74 Å². The molecule has 114 valence electrons. The summed E-state index contributed by atoms with van der Waals surface area (Å²) in [5.74, 6) is -0.0524. The van der Waals surface area contributed by atoms with Crippen molar-refractivity contribution in [2.75, 3.05) is 11.6 Å². The molecule has 5 nitrogen and oxygen atoms in total. The minimum Gasteiger partial charge on any atom is -0.480 e. The molecule has 1 atom stereocenters. The van der Waals surface area contributed by atoms with Crippen LogP contribution in [0.1, 0.15) is 13.8 Å². The highest BCUT2D eigenvalue weighted by atomic mass is 35.5. The molecule has 1 aliphatic heterocycles. The van der Waals surface area contributed by atoms with Gasteiger partial charge in [-0.1, -0.05) is 11.6 Å². The molecule has 1 aromatic carbocycles. The quantitative estimate of drug-likeness (QED) is 0.919. The van der Waals surface area contributed by atoms with E-state index < -0.39 is 17.6 Å². The zero-order chi connectivity index (χ0) is 15.6. The molecule has 0 bridgehead atoms. The average molecular weight is 330 g/mol. The molecule has 0 spiro atoms. The lowest BCUT2D eigenvalue weighted by Gasteiger charge is -2.31. The third kappa shape index (κ3) is 3.63. The molecule has 2 rings (SSSR count). The van der Waals surface area contributed by atoms with Crippen molar-refractivity contribution in [3.8, 4) is 5.75 Å². The number of thioether (sulfide) groups is 1. The predicted molar refractivity (Wildman–Crippen MR) is 81.8 cm³/mol. The monoisotopic (exact) mass is 329 g/mol. The Morgan fingerprint density at radius 2 is 2.00 bits per heavy atom. The molecule has 1 aliphatic rings. The number of hydrogen-bond donors (Lipinski definition) is 1. The first-order valence-electron chi connectivity index (χ1n) is 6.37. The van der Waals surface area contributed by atoms with Gasteiger partial charge in [-0.2, -0.15) is 0 Å². The molecular weight excluding hydrogens is 314 g/mol. The lowest BCUT2D eigenvalue weighted by Crippen LogP contribution is -2.52. The summed E-state index contributed by atoms with van der Waals surface area (Å²) in [5.41, 5.74) is -1.15. The number of hydrogen-bond acceptors (Lipinski definition) is 4. The van der Waals surface area contributed by atoms with Gasteiger partial charge in [0, 0.05) is 10.8 Å². The third-order valence-corrected chi connectivity index (χ3v) is 4.39. The van der Waals surface area contributed by atoms with Crippen molar-refractivity contribution in [2.45, 2.75) is 25.5 Å². The first-order chi connectivity index (χ1) is 9.81. The molecule has 1 N–H and O–H groups in total. The highest BCUT2D eigenvalue weighted by molar-refractivity contribution is 7.99. The number of carbonyl (C=O) groups excluding carboxylic acids is 1. The number of benzene rings is 1. The van der Waals surface area contributed by atoms with E-state index in [2.05, 4.69) is 0 Å². The smallest absolute Gasteiger partial charge is 0.327 e. The summed E-state index contributed by atoms with van der Waals surface area (Å²) in [7, 11) is 0. The second-order valence-corrected chi connectivity index (χ2v) is 6.63. The van der Waals surface area contributed by atoms with Crippen molar-refractivity contribution in [3.05, 3.63) is 29.3 Å². The van der Waals surface area contributed by atoms with Crippen molar-refractivity contribution in [2.24, 2.45) is 0 Å². The topological polar surface area (TPSA) is 66.8 Å². The minimum absolute atomic E-state index is 0.338. The maximum atomic E-state index is 12.6. The predicted octanol–water partition coefficient (Wildman–Crippen LogP) is 2.48. The first-order valence-corrected chi connectivity index (χ1v) is 7.91. The van der Waals surface area contributed by atoms with E-state index in [9.17, 15) is 9.59 Å². The van der Waals surface area contributed by atoms with Crippen LogP contribution in [0.15, 0.2) is 24.3 Å². The molecule has 0 unspecified atom stereocenters. The normalized spacial score (nSPS) is 18.6. The van der Waals surface area contributed by atoms with Crippen LogP contribution in [0.25, 0.3) is 0 Å². The van der Waals surface area contributed by atoms with Gasteiger partial charge in [-0.05, 0) is 38.1 Å². The molecule has 1 aromatic rings. The Balaban J connectivity index is 2.12. The van der Waals surface area contributed by atoms with Crippen LogP contribution in [0, 0.1) is 0 Å². The van der Waals surface area contributed by atoms with Crippen LogP contribution in [-0.2, 0) is 9.59 Å². The fourth-order valence-corrected chi connectivity index (χ4v) is 3.31. The summed E-state index contributed by atoms with van der Waals surface area (Å²) in [5, 5.41) is 9.73. The Morgan fingerprint density at radius 3 is 2.57 bits per heavy atom. The number of carboxylic acid groups (broad SMARTS) is 1. The van der Waals surface area contributed by atoms with Crippen molar-refractivity contribution >= 4 is 35.2 Å². The molecule has 1 amide bonds. The van der Waals surface area contributed by atoms with Gasteiger partial charge >= 0.3 is 5.97 Å². The summed E-state index contributed by atoms with van der Waals surface area (Å²) < 4.78 is 5.71. The Bertz CT molecular complexity index is 546. The van der Waals surface area contributed by atoms with Crippen LogP contribution >= 0.6 is 23.4 Å². The molecule has 0 radical (unpaired) electrons. The van der Waals surface area contributed by atoms with Gasteiger partial charge < -0.3 is 14.7 Å². The zero-order valence-electron chi connectivity index (χ0n) is 11.7. The van der Waals surface area contributed by atoms with Gasteiger partial charge in [0.2, 0.25) is 0 Å². The van der Waals surface area contributed by atoms with Crippen LogP contribution in [0.3, 0.4) is 0 Å². The van der Waals surface area contributed by atoms with E-state index in [4.69, 9.17) is 21.4 Å². The summed E-state index contributed by atoms with van der Waals surface area (Å²) in [6.45, 7) is 3.26. The van der Waals surface area contributed by atoms with E-state index >= 15 is 0 Å². The van der Waals surface area contributed by atoms with E-state index in [1.807, 2.05) is 0 Å². The van der Waals surface area contributed by atoms with Crippen molar-refractivity contribution in [1.29, 1.82) is 0 Å². The standard InChI is InChI=1S/C14H16ClNO4S/c1-14(2,20-10-5-3-9(15)4-6-10)13(19)16-8-21-7-11(16)12(17)18/h3-6,11H,7-8H2,1-2H3,(H,17,18)/t11-/m1/s1. The first kappa shape index (κ1) is 16.0. The Morgan fingerprint density at radius 1 is 1.38 bits per heavy atom. The molecule has 21 heavy (non-hydrogen) atoms. The second-order valence-electron chi connectivity index (χ2n) is 5.20. The maximum Gasteiger partial charge on any atom is 0.327 e. The number of ether oxygens (including phenoxy) is 1. The zero-order valence-corrected chi connectivity index (χ0v) is 13.3. The SMILES string of the molecule is CC(C)(Oc1ccc(Cl)cc1)C(=O)N1CSC[C@@H]1C(=O)O. The van der Waals surface area contributed by atoms with Gasteiger partial charge in [0.25, 0.3) is 5.91 Å². The molecule has 1 heterocycles. The van der Waals surface area contributed by atoms with Gasteiger partial charge in [-0.25, -0.2) is 4.79 Å². The van der Waals surface area contributed by atoms with E-state index in [0.717, 1.165) is 0 Å². The fraction of sp³-hybridized carbons (Fsp3) is 0.429. The van der Waals surface area contributed by atoms with Crippen LogP contribution in [0.5, 0.6) is 5.75 Å². The van der Waals surface area contributed by atoms with Crippen molar-refractivity contribution < 1.29 is 19.4 Å². The summed E-state index contributed by atoms with van der Waals surface area (Å²) in [6, 6.07) is 5.89. The van der Waals surface area contributed by atoms with Crippen LogP contribution in [0.2, 0.25) is 5.02 Å². The van der Waals surface area contributed by atoms with E-state index in [-0.39, 0.29) is 5.91 Å². The lowest BCUT2D eigenvalue weighted by molar-refractivity contribution is -0.154. The molecule has 0 saturated carbocycles. The summed E-state index contributed by atoms with van der Waals surface area (Å²) in [4.78, 5) is 25.1. The molecule has 1 fully saturated rings. The summed E-state index contributed by atoms with van der Waals surface area (Å²) >= 11 is 7.23. The number of halogens is 1. The Labute approximate surface area is 132 Å². The third-order valence-electron chi connectivity index (χ3n) is 3.13. The van der Waals surface area contributed by atoms with E-state index in [1.165, 1.54) is 16.7 Å². The molecule has 7 heteroatoms. The Kier molecular flexibility index (Phi) is 4.68. The van der Waals surface area contributed by atoms with Gasteiger partial charge in [0.1, 0.15) is 11.8 Å². The van der Waals surface area contributed by atoms with Gasteiger partial charge in [0.05, 0.1) is 5.88 Å². The number of rotatable bonds is 4. The second kappa shape index (κ2) is 6.15. The fourth-order valence-electron chi connectivity index (χ4n) is 2.03. The van der Waals surface area contributed by atoms with E-state index in [0.29, 0.717) is 22.4 Å². The highest BCUT2D eigenvalue weighted by Gasteiger charge is 2.42. The van der Waals surface area contributed by atoms with Crippen molar-refractivity contribution in [3.63, 3.8) is 0 Å². The van der Waals surface area contributed by atoms with Crippen molar-refractivity contribution in [1.82, 2.24) is 4.90 Å². The lowest BCUT2D eigenvalue weighted by atomic mass is 10.1. The molecular formula is C14H16ClNO4S. The van der Waals surface area contributed by atoms with Gasteiger partial charge in [0.15, 0.2) is 5.60 Å². The molecule has 0 aromatic heterocycles. The average Bonchev–Trinajstić information content (AvgIpc) is 2.89. The number of carboxylic acids is 1. The number of nitrogens with zero attached hydrogens (tertiary/aromatic N) is 1. The number of aliphatic carboxylic acids is 1.